The number of carbonyl (C=O) groups excluding carboxylic acids is 1. The van der Waals surface area contributed by atoms with Crippen molar-refractivity contribution in [1.82, 2.24) is 25.4 Å². The highest BCUT2D eigenvalue weighted by Gasteiger charge is 2.30. The summed E-state index contributed by atoms with van der Waals surface area (Å²) in [6, 6.07) is 9.92. The van der Waals surface area contributed by atoms with Crippen molar-refractivity contribution in [3.05, 3.63) is 52.9 Å². The van der Waals surface area contributed by atoms with Gasteiger partial charge in [-0.2, -0.15) is 5.10 Å². The number of pyridine rings is 1. The molecule has 3 aromatic rings. The fraction of sp³-hybridized carbons (Fsp3) is 0.455. The van der Waals surface area contributed by atoms with Gasteiger partial charge in [-0.3, -0.25) is 9.78 Å². The van der Waals surface area contributed by atoms with Crippen LogP contribution in [-0.2, 0) is 17.6 Å². The molecule has 3 aromatic heterocycles. The highest BCUT2D eigenvalue weighted by Crippen LogP contribution is 2.41. The molecule has 5 rings (SSSR count). The fourth-order valence-electron chi connectivity index (χ4n) is 4.03. The zero-order valence-corrected chi connectivity index (χ0v) is 18.0. The van der Waals surface area contributed by atoms with Crippen molar-refractivity contribution in [2.75, 3.05) is 10.6 Å². The summed E-state index contributed by atoms with van der Waals surface area (Å²) in [6.07, 6.45) is 8.72. The van der Waals surface area contributed by atoms with Crippen LogP contribution in [0.15, 0.2) is 36.5 Å². The van der Waals surface area contributed by atoms with Crippen LogP contribution in [0.3, 0.4) is 0 Å². The molecule has 1 amide bonds. The third-order valence-corrected chi connectivity index (χ3v) is 6.81. The van der Waals surface area contributed by atoms with E-state index in [4.69, 9.17) is 0 Å². The quantitative estimate of drug-likeness (QED) is 0.557. The molecule has 0 bridgehead atoms. The van der Waals surface area contributed by atoms with Gasteiger partial charge in [0.25, 0.3) is 0 Å². The first-order valence-corrected chi connectivity index (χ1v) is 11.7. The van der Waals surface area contributed by atoms with Gasteiger partial charge in [0, 0.05) is 23.9 Å². The first-order valence-electron chi connectivity index (χ1n) is 10.8. The molecule has 0 aromatic carbocycles. The van der Waals surface area contributed by atoms with Crippen LogP contribution in [0.25, 0.3) is 0 Å². The smallest absolute Gasteiger partial charge is 0.231 e. The van der Waals surface area contributed by atoms with E-state index in [0.717, 1.165) is 40.8 Å². The highest BCUT2D eigenvalue weighted by atomic mass is 32.1. The van der Waals surface area contributed by atoms with E-state index in [1.165, 1.54) is 19.3 Å². The summed E-state index contributed by atoms with van der Waals surface area (Å²) < 4.78 is 0. The first kappa shape index (κ1) is 20.0. The molecule has 0 spiro atoms. The van der Waals surface area contributed by atoms with Crippen LogP contribution in [0.1, 0.15) is 54.4 Å². The molecule has 160 valence electrons. The van der Waals surface area contributed by atoms with Gasteiger partial charge < -0.3 is 10.6 Å². The SMILES string of the molecule is O=C(Cc1ccccn1)Nc1ccc(CC2CCC(c3nnc(NC4CC4)s3)C2)nn1. The van der Waals surface area contributed by atoms with E-state index in [9.17, 15) is 4.79 Å². The molecular formula is C22H25N7OS. The van der Waals surface area contributed by atoms with Gasteiger partial charge in [-0.25, -0.2) is 0 Å². The van der Waals surface area contributed by atoms with Gasteiger partial charge in [0.2, 0.25) is 11.0 Å². The molecule has 2 atom stereocenters. The monoisotopic (exact) mass is 435 g/mol. The Balaban J connectivity index is 1.10. The van der Waals surface area contributed by atoms with Crippen LogP contribution in [-0.4, -0.2) is 37.3 Å². The molecule has 2 aliphatic rings. The van der Waals surface area contributed by atoms with E-state index < -0.39 is 0 Å². The predicted molar refractivity (Wildman–Crippen MR) is 119 cm³/mol. The zero-order valence-electron chi connectivity index (χ0n) is 17.2. The van der Waals surface area contributed by atoms with E-state index in [2.05, 4.69) is 36.0 Å². The topological polar surface area (TPSA) is 106 Å². The molecule has 3 heterocycles. The largest absolute Gasteiger partial charge is 0.357 e. The molecule has 2 fully saturated rings. The Hall–Kier alpha value is -2.94. The number of amides is 1. The molecule has 0 radical (unpaired) electrons. The van der Waals surface area contributed by atoms with Crippen molar-refractivity contribution in [3.63, 3.8) is 0 Å². The van der Waals surface area contributed by atoms with Crippen molar-refractivity contribution in [1.29, 1.82) is 0 Å². The Bertz CT molecular complexity index is 1020. The molecule has 2 N–H and O–H groups in total. The maximum absolute atomic E-state index is 12.1. The molecule has 31 heavy (non-hydrogen) atoms. The normalized spacial score (nSPS) is 20.5. The number of rotatable bonds is 8. The van der Waals surface area contributed by atoms with Crippen LogP contribution >= 0.6 is 11.3 Å². The average molecular weight is 436 g/mol. The number of nitrogens with zero attached hydrogens (tertiary/aromatic N) is 5. The summed E-state index contributed by atoms with van der Waals surface area (Å²) in [7, 11) is 0. The minimum absolute atomic E-state index is 0.146. The second kappa shape index (κ2) is 9.05. The lowest BCUT2D eigenvalue weighted by atomic mass is 10.00. The lowest BCUT2D eigenvalue weighted by Crippen LogP contribution is -2.16. The molecule has 2 unspecified atom stereocenters. The first-order chi connectivity index (χ1) is 15.2. The number of hydrogen-bond donors (Lipinski definition) is 2. The summed E-state index contributed by atoms with van der Waals surface area (Å²) in [5.74, 6) is 1.40. The Labute approximate surface area is 184 Å². The average Bonchev–Trinajstić information content (AvgIpc) is 3.26. The van der Waals surface area contributed by atoms with Crippen molar-refractivity contribution >= 4 is 28.2 Å². The van der Waals surface area contributed by atoms with Crippen LogP contribution in [0.4, 0.5) is 10.9 Å². The van der Waals surface area contributed by atoms with Gasteiger partial charge in [-0.05, 0) is 68.7 Å². The maximum atomic E-state index is 12.1. The summed E-state index contributed by atoms with van der Waals surface area (Å²) >= 11 is 1.71. The summed E-state index contributed by atoms with van der Waals surface area (Å²) in [4.78, 5) is 16.3. The Morgan fingerprint density at radius 2 is 1.94 bits per heavy atom. The number of hydrogen-bond acceptors (Lipinski definition) is 8. The van der Waals surface area contributed by atoms with Crippen LogP contribution in [0, 0.1) is 5.92 Å². The summed E-state index contributed by atoms with van der Waals surface area (Å²) in [5, 5.41) is 25.6. The highest BCUT2D eigenvalue weighted by molar-refractivity contribution is 7.15. The van der Waals surface area contributed by atoms with Gasteiger partial charge in [-0.15, -0.1) is 15.3 Å². The van der Waals surface area contributed by atoms with E-state index in [-0.39, 0.29) is 12.3 Å². The molecule has 8 nitrogen and oxygen atoms in total. The van der Waals surface area contributed by atoms with Gasteiger partial charge in [0.05, 0.1) is 12.1 Å². The van der Waals surface area contributed by atoms with E-state index in [1.807, 2.05) is 30.3 Å². The van der Waals surface area contributed by atoms with E-state index >= 15 is 0 Å². The molecule has 0 aliphatic heterocycles. The van der Waals surface area contributed by atoms with Gasteiger partial charge in [0.1, 0.15) is 5.01 Å². The second-order valence-electron chi connectivity index (χ2n) is 8.40. The Morgan fingerprint density at radius 1 is 1.00 bits per heavy atom. The van der Waals surface area contributed by atoms with E-state index in [0.29, 0.717) is 23.7 Å². The fourth-order valence-corrected chi connectivity index (χ4v) is 5.00. The second-order valence-corrected chi connectivity index (χ2v) is 9.41. The molecule has 0 saturated heterocycles. The van der Waals surface area contributed by atoms with Crippen molar-refractivity contribution in [3.8, 4) is 0 Å². The Kier molecular flexibility index (Phi) is 5.84. The van der Waals surface area contributed by atoms with Crippen LogP contribution < -0.4 is 10.6 Å². The van der Waals surface area contributed by atoms with Gasteiger partial charge >= 0.3 is 0 Å². The van der Waals surface area contributed by atoms with Crippen LogP contribution in [0.5, 0.6) is 0 Å². The lowest BCUT2D eigenvalue weighted by molar-refractivity contribution is -0.115. The van der Waals surface area contributed by atoms with Crippen LogP contribution in [0.2, 0.25) is 0 Å². The minimum atomic E-state index is -0.146. The van der Waals surface area contributed by atoms with Crippen molar-refractivity contribution in [2.45, 2.75) is 56.9 Å². The lowest BCUT2D eigenvalue weighted by Gasteiger charge is -2.09. The molecule has 2 aliphatic carbocycles. The van der Waals surface area contributed by atoms with Crippen molar-refractivity contribution in [2.24, 2.45) is 5.92 Å². The van der Waals surface area contributed by atoms with Crippen molar-refractivity contribution < 1.29 is 4.79 Å². The molecular weight excluding hydrogens is 410 g/mol. The minimum Gasteiger partial charge on any atom is -0.357 e. The maximum Gasteiger partial charge on any atom is 0.231 e. The third-order valence-electron chi connectivity index (χ3n) is 5.79. The van der Waals surface area contributed by atoms with Gasteiger partial charge in [-0.1, -0.05) is 17.4 Å². The summed E-state index contributed by atoms with van der Waals surface area (Å²) in [6.45, 7) is 0. The number of anilines is 2. The zero-order chi connectivity index (χ0) is 21.0. The Morgan fingerprint density at radius 3 is 2.71 bits per heavy atom. The molecule has 9 heteroatoms. The standard InChI is InChI=1S/C22H25N7OS/c30-20(13-17-3-1-2-10-23-17)25-19-9-8-18(26-27-19)12-14-4-5-15(11-14)21-28-29-22(31-21)24-16-6-7-16/h1-3,8-10,14-16H,4-7,11-13H2,(H,24,29)(H,25,27,30). The number of aromatic nitrogens is 5. The van der Waals surface area contributed by atoms with E-state index in [1.54, 1.807) is 17.5 Å². The third kappa shape index (κ3) is 5.41. The number of carbonyl (C=O) groups is 1. The molecule has 2 saturated carbocycles. The van der Waals surface area contributed by atoms with Gasteiger partial charge in [0.15, 0.2) is 5.82 Å². The summed E-state index contributed by atoms with van der Waals surface area (Å²) in [5.41, 5.74) is 1.69. The number of nitrogens with one attached hydrogen (secondary N) is 2. The predicted octanol–water partition coefficient (Wildman–Crippen LogP) is 3.61.